The first-order valence-electron chi connectivity index (χ1n) is 6.85. The molecule has 7 heteroatoms. The fourth-order valence-corrected chi connectivity index (χ4v) is 2.26. The number of primary amides is 1. The second kappa shape index (κ2) is 6.78. The van der Waals surface area contributed by atoms with E-state index in [4.69, 9.17) is 5.73 Å². The van der Waals surface area contributed by atoms with Crippen LogP contribution in [0.15, 0.2) is 12.1 Å². The van der Waals surface area contributed by atoms with Crippen LogP contribution in [0.4, 0.5) is 19.0 Å². The molecule has 0 saturated heterocycles. The molecule has 1 rings (SSSR count). The van der Waals surface area contributed by atoms with Crippen molar-refractivity contribution in [3.63, 3.8) is 0 Å². The predicted molar refractivity (Wildman–Crippen MR) is 74.9 cm³/mol. The molecule has 0 aromatic carbocycles. The third kappa shape index (κ3) is 4.34. The second-order valence-electron chi connectivity index (χ2n) is 4.96. The van der Waals surface area contributed by atoms with E-state index in [1.807, 2.05) is 20.8 Å². The van der Waals surface area contributed by atoms with Crippen LogP contribution in [-0.2, 0) is 6.18 Å². The third-order valence-corrected chi connectivity index (χ3v) is 3.57. The fourth-order valence-electron chi connectivity index (χ4n) is 2.26. The van der Waals surface area contributed by atoms with Crippen molar-refractivity contribution in [1.29, 1.82) is 0 Å². The van der Waals surface area contributed by atoms with Gasteiger partial charge in [0.05, 0.1) is 5.56 Å². The maximum absolute atomic E-state index is 12.7. The van der Waals surface area contributed by atoms with E-state index >= 15 is 0 Å². The van der Waals surface area contributed by atoms with Crippen LogP contribution in [0.3, 0.4) is 0 Å². The zero-order valence-corrected chi connectivity index (χ0v) is 12.3. The van der Waals surface area contributed by atoms with Gasteiger partial charge in [-0.05, 0) is 25.0 Å². The van der Waals surface area contributed by atoms with Gasteiger partial charge in [-0.15, -0.1) is 0 Å². The van der Waals surface area contributed by atoms with Crippen LogP contribution in [0, 0.1) is 5.92 Å². The van der Waals surface area contributed by atoms with Crippen LogP contribution in [0.5, 0.6) is 0 Å². The average molecular weight is 303 g/mol. The lowest BCUT2D eigenvalue weighted by molar-refractivity contribution is -0.141. The molecule has 0 fully saturated rings. The molecule has 3 N–H and O–H groups in total. The summed E-state index contributed by atoms with van der Waals surface area (Å²) in [7, 11) is 0. The Morgan fingerprint density at radius 1 is 1.33 bits per heavy atom. The van der Waals surface area contributed by atoms with Crippen molar-refractivity contribution >= 4 is 11.7 Å². The topological polar surface area (TPSA) is 68.0 Å². The van der Waals surface area contributed by atoms with Crippen molar-refractivity contribution < 1.29 is 18.0 Å². The van der Waals surface area contributed by atoms with Crippen molar-refractivity contribution in [1.82, 2.24) is 4.98 Å². The highest BCUT2D eigenvalue weighted by atomic mass is 19.4. The lowest BCUT2D eigenvalue weighted by Gasteiger charge is -2.24. The summed E-state index contributed by atoms with van der Waals surface area (Å²) >= 11 is 0. The van der Waals surface area contributed by atoms with Crippen molar-refractivity contribution in [3.8, 4) is 0 Å². The normalized spacial score (nSPS) is 13.3. The van der Waals surface area contributed by atoms with E-state index in [1.54, 1.807) is 0 Å². The number of nitrogens with two attached hydrogens (primary N) is 1. The molecule has 21 heavy (non-hydrogen) atoms. The van der Waals surface area contributed by atoms with E-state index < -0.39 is 17.8 Å². The summed E-state index contributed by atoms with van der Waals surface area (Å²) in [5.74, 6) is -0.658. The van der Waals surface area contributed by atoms with E-state index in [9.17, 15) is 18.0 Å². The molecular weight excluding hydrogens is 283 g/mol. The van der Waals surface area contributed by atoms with Gasteiger partial charge >= 0.3 is 6.18 Å². The zero-order chi connectivity index (χ0) is 16.2. The summed E-state index contributed by atoms with van der Waals surface area (Å²) in [4.78, 5) is 14.9. The van der Waals surface area contributed by atoms with Gasteiger partial charge in [-0.25, -0.2) is 4.98 Å². The van der Waals surface area contributed by atoms with Crippen LogP contribution in [0.2, 0.25) is 0 Å². The first-order chi connectivity index (χ1) is 9.70. The van der Waals surface area contributed by atoms with Crippen molar-refractivity contribution in [3.05, 3.63) is 23.4 Å². The molecule has 0 radical (unpaired) electrons. The molecule has 1 amide bonds. The number of hydrogen-bond donors (Lipinski definition) is 2. The van der Waals surface area contributed by atoms with Gasteiger partial charge in [-0.3, -0.25) is 4.79 Å². The van der Waals surface area contributed by atoms with Crippen LogP contribution in [-0.4, -0.2) is 16.9 Å². The van der Waals surface area contributed by atoms with Crippen molar-refractivity contribution in [2.45, 2.75) is 45.8 Å². The maximum Gasteiger partial charge on any atom is 0.433 e. The Labute approximate surface area is 121 Å². The third-order valence-electron chi connectivity index (χ3n) is 3.57. The van der Waals surface area contributed by atoms with E-state index in [0.29, 0.717) is 0 Å². The highest BCUT2D eigenvalue weighted by molar-refractivity contribution is 5.97. The number of pyridine rings is 1. The lowest BCUT2D eigenvalue weighted by Crippen LogP contribution is -2.28. The second-order valence-corrected chi connectivity index (χ2v) is 4.96. The van der Waals surface area contributed by atoms with Gasteiger partial charge in [0.1, 0.15) is 11.5 Å². The summed E-state index contributed by atoms with van der Waals surface area (Å²) in [6, 6.07) is 1.70. The highest BCUT2D eigenvalue weighted by Crippen LogP contribution is 2.30. The molecule has 1 aromatic rings. The molecule has 1 unspecified atom stereocenters. The van der Waals surface area contributed by atoms with Crippen LogP contribution >= 0.6 is 0 Å². The molecule has 4 nitrogen and oxygen atoms in total. The number of carbonyl (C=O) groups excluding carboxylic acids is 1. The van der Waals surface area contributed by atoms with Gasteiger partial charge in [-0.2, -0.15) is 13.2 Å². The van der Waals surface area contributed by atoms with Crippen LogP contribution in [0.1, 0.15) is 49.7 Å². The minimum absolute atomic E-state index is 0.0409. The van der Waals surface area contributed by atoms with Gasteiger partial charge in [0, 0.05) is 6.04 Å². The van der Waals surface area contributed by atoms with Gasteiger partial charge in [-0.1, -0.05) is 26.7 Å². The van der Waals surface area contributed by atoms with Gasteiger partial charge in [0.25, 0.3) is 5.91 Å². The van der Waals surface area contributed by atoms with E-state index in [2.05, 4.69) is 10.3 Å². The molecule has 1 aromatic heterocycles. The highest BCUT2D eigenvalue weighted by Gasteiger charge is 2.33. The molecule has 0 aliphatic rings. The number of halogens is 3. The molecular formula is C14H20F3N3O. The predicted octanol–water partition coefficient (Wildman–Crippen LogP) is 3.44. The first kappa shape index (κ1) is 17.3. The molecule has 0 bridgehead atoms. The number of rotatable bonds is 6. The van der Waals surface area contributed by atoms with Crippen LogP contribution in [0.25, 0.3) is 0 Å². The first-order valence-corrected chi connectivity index (χ1v) is 6.85. The number of anilines is 1. The molecule has 118 valence electrons. The number of nitrogens with zero attached hydrogens (tertiary/aromatic N) is 1. The lowest BCUT2D eigenvalue weighted by atomic mass is 9.95. The Kier molecular flexibility index (Phi) is 5.57. The number of carbonyl (C=O) groups is 1. The number of aromatic nitrogens is 1. The Morgan fingerprint density at radius 2 is 1.90 bits per heavy atom. The molecule has 0 spiro atoms. The van der Waals surface area contributed by atoms with E-state index in [-0.39, 0.29) is 23.3 Å². The Morgan fingerprint density at radius 3 is 2.33 bits per heavy atom. The number of alkyl halides is 3. The summed E-state index contributed by atoms with van der Waals surface area (Å²) in [5.41, 5.74) is 4.10. The molecule has 0 saturated carbocycles. The summed E-state index contributed by atoms with van der Waals surface area (Å²) < 4.78 is 38.2. The molecule has 1 atom stereocenters. The largest absolute Gasteiger partial charge is 0.433 e. The van der Waals surface area contributed by atoms with E-state index in [0.717, 1.165) is 25.0 Å². The maximum atomic E-state index is 12.7. The average Bonchev–Trinajstić information content (AvgIpc) is 2.38. The summed E-state index contributed by atoms with van der Waals surface area (Å²) in [6.07, 6.45) is -2.82. The number of hydrogen-bond acceptors (Lipinski definition) is 3. The quantitative estimate of drug-likeness (QED) is 0.846. The Hall–Kier alpha value is -1.79. The SMILES string of the molecule is CCC(CC)C(C)Nc1nc(C(F)(F)F)ccc1C(N)=O. The van der Waals surface area contributed by atoms with Crippen molar-refractivity contribution in [2.75, 3.05) is 5.32 Å². The smallest absolute Gasteiger partial charge is 0.367 e. The van der Waals surface area contributed by atoms with Crippen LogP contribution < -0.4 is 11.1 Å². The van der Waals surface area contributed by atoms with E-state index in [1.165, 1.54) is 0 Å². The standard InChI is InChI=1S/C14H20F3N3O/c1-4-9(5-2)8(3)19-13-10(12(18)21)6-7-11(20-13)14(15,16)17/h6-9H,4-5H2,1-3H3,(H2,18,21)(H,19,20). The minimum atomic E-state index is -4.56. The van der Waals surface area contributed by atoms with Gasteiger partial charge in [0.15, 0.2) is 0 Å². The minimum Gasteiger partial charge on any atom is -0.367 e. The molecule has 0 aliphatic heterocycles. The fraction of sp³-hybridized carbons (Fsp3) is 0.571. The molecule has 1 heterocycles. The Balaban J connectivity index is 3.15. The zero-order valence-electron chi connectivity index (χ0n) is 12.3. The van der Waals surface area contributed by atoms with Gasteiger partial charge < -0.3 is 11.1 Å². The Bertz CT molecular complexity index is 499. The van der Waals surface area contributed by atoms with Crippen molar-refractivity contribution in [2.24, 2.45) is 11.7 Å². The number of nitrogens with one attached hydrogen (secondary N) is 1. The summed E-state index contributed by atoms with van der Waals surface area (Å²) in [5, 5.41) is 2.89. The molecule has 0 aliphatic carbocycles. The number of amides is 1. The van der Waals surface area contributed by atoms with Gasteiger partial charge in [0.2, 0.25) is 0 Å². The summed E-state index contributed by atoms with van der Waals surface area (Å²) in [6.45, 7) is 5.85. The monoisotopic (exact) mass is 303 g/mol.